The standard InChI is InChI=1S/C11H15NO4/c1-8(13)12-9-5-6-11(15-3,16-4)7-10(9)14-2/h5-7H,1-4H3. The Balaban J connectivity index is 3.09. The fourth-order valence-corrected chi connectivity index (χ4v) is 1.34. The molecule has 88 valence electrons. The molecule has 1 rings (SSSR count). The predicted octanol–water partition coefficient (Wildman–Crippen LogP) is 1.06. The number of aliphatic imine (C=N–C) groups is 1. The highest BCUT2D eigenvalue weighted by molar-refractivity contribution is 6.12. The van der Waals surface area contributed by atoms with Crippen LogP contribution in [0, 0.1) is 0 Å². The van der Waals surface area contributed by atoms with Gasteiger partial charge in [0.15, 0.2) is 0 Å². The molecule has 0 aromatic heterocycles. The summed E-state index contributed by atoms with van der Waals surface area (Å²) in [5.74, 6) is -0.799. The molecular formula is C11H15NO4. The van der Waals surface area contributed by atoms with Crippen molar-refractivity contribution in [3.8, 4) is 0 Å². The summed E-state index contributed by atoms with van der Waals surface area (Å²) in [4.78, 5) is 14.7. The zero-order valence-corrected chi connectivity index (χ0v) is 9.81. The van der Waals surface area contributed by atoms with E-state index in [1.165, 1.54) is 28.3 Å². The van der Waals surface area contributed by atoms with Crippen molar-refractivity contribution in [3.63, 3.8) is 0 Å². The van der Waals surface area contributed by atoms with E-state index in [-0.39, 0.29) is 5.91 Å². The molecule has 5 heteroatoms. The lowest BCUT2D eigenvalue weighted by Gasteiger charge is -2.27. The summed E-state index contributed by atoms with van der Waals surface area (Å²) in [7, 11) is 4.53. The molecule has 5 nitrogen and oxygen atoms in total. The highest BCUT2D eigenvalue weighted by atomic mass is 16.7. The quantitative estimate of drug-likeness (QED) is 0.674. The normalized spacial score (nSPS) is 20.8. The van der Waals surface area contributed by atoms with E-state index in [2.05, 4.69) is 4.99 Å². The Morgan fingerprint density at radius 3 is 2.38 bits per heavy atom. The molecule has 0 unspecified atom stereocenters. The fourth-order valence-electron chi connectivity index (χ4n) is 1.34. The number of hydrogen-bond donors (Lipinski definition) is 0. The van der Waals surface area contributed by atoms with Crippen LogP contribution in [0.1, 0.15) is 6.92 Å². The maximum absolute atomic E-state index is 10.9. The summed E-state index contributed by atoms with van der Waals surface area (Å²) < 4.78 is 15.5. The average molecular weight is 225 g/mol. The van der Waals surface area contributed by atoms with E-state index in [4.69, 9.17) is 14.2 Å². The molecule has 0 saturated carbocycles. The summed E-state index contributed by atoms with van der Waals surface area (Å²) in [5.41, 5.74) is 0.458. The molecule has 0 saturated heterocycles. The average Bonchev–Trinajstić information content (AvgIpc) is 2.29. The number of ether oxygens (including phenoxy) is 3. The number of carbonyl (C=O) groups is 1. The monoisotopic (exact) mass is 225 g/mol. The lowest BCUT2D eigenvalue weighted by Crippen LogP contribution is -2.32. The molecule has 0 heterocycles. The van der Waals surface area contributed by atoms with Gasteiger partial charge in [0, 0.05) is 27.2 Å². The topological polar surface area (TPSA) is 57.1 Å². The molecule has 0 fully saturated rings. The maximum Gasteiger partial charge on any atom is 0.243 e. The van der Waals surface area contributed by atoms with Gasteiger partial charge in [0.25, 0.3) is 0 Å². The van der Waals surface area contributed by atoms with Crippen molar-refractivity contribution in [2.75, 3.05) is 21.3 Å². The van der Waals surface area contributed by atoms with Crippen LogP contribution < -0.4 is 0 Å². The van der Waals surface area contributed by atoms with Crippen LogP contribution in [0.25, 0.3) is 0 Å². The van der Waals surface area contributed by atoms with Gasteiger partial charge in [-0.15, -0.1) is 0 Å². The molecule has 0 N–H and O–H groups in total. The fraction of sp³-hybridized carbons (Fsp3) is 0.455. The van der Waals surface area contributed by atoms with E-state index in [0.29, 0.717) is 11.5 Å². The smallest absolute Gasteiger partial charge is 0.243 e. The van der Waals surface area contributed by atoms with Crippen LogP contribution in [0.3, 0.4) is 0 Å². The SMILES string of the molecule is COC1=CC(OC)(OC)C=CC1=NC(C)=O. The zero-order chi connectivity index (χ0) is 12.2. The molecule has 0 spiro atoms. The second kappa shape index (κ2) is 5.05. The third-order valence-corrected chi connectivity index (χ3v) is 2.19. The minimum atomic E-state index is -0.957. The van der Waals surface area contributed by atoms with Crippen LogP contribution in [0.5, 0.6) is 0 Å². The van der Waals surface area contributed by atoms with Gasteiger partial charge in [-0.2, -0.15) is 0 Å². The van der Waals surface area contributed by atoms with E-state index in [0.717, 1.165) is 0 Å². The summed E-state index contributed by atoms with van der Waals surface area (Å²) in [6.45, 7) is 1.38. The number of rotatable bonds is 3. The molecule has 0 aromatic rings. The Morgan fingerprint density at radius 1 is 1.31 bits per heavy atom. The van der Waals surface area contributed by atoms with E-state index in [1.807, 2.05) is 0 Å². The molecule has 0 radical (unpaired) electrons. The Kier molecular flexibility index (Phi) is 3.98. The Labute approximate surface area is 94.4 Å². The van der Waals surface area contributed by atoms with Crippen LogP contribution >= 0.6 is 0 Å². The van der Waals surface area contributed by atoms with Crippen molar-refractivity contribution in [1.29, 1.82) is 0 Å². The molecule has 1 aliphatic rings. The molecule has 0 atom stereocenters. The summed E-state index contributed by atoms with van der Waals surface area (Å²) in [6.07, 6.45) is 4.92. The van der Waals surface area contributed by atoms with Gasteiger partial charge in [0.05, 0.1) is 7.11 Å². The molecule has 0 aliphatic heterocycles. The summed E-state index contributed by atoms with van der Waals surface area (Å²) in [6, 6.07) is 0. The maximum atomic E-state index is 10.9. The van der Waals surface area contributed by atoms with E-state index >= 15 is 0 Å². The number of carbonyl (C=O) groups excluding carboxylic acids is 1. The molecular weight excluding hydrogens is 210 g/mol. The van der Waals surface area contributed by atoms with E-state index < -0.39 is 5.79 Å². The second-order valence-corrected chi connectivity index (χ2v) is 3.19. The first kappa shape index (κ1) is 12.6. The molecule has 0 bridgehead atoms. The Bertz CT molecular complexity index is 364. The molecule has 1 aliphatic carbocycles. The van der Waals surface area contributed by atoms with Crippen molar-refractivity contribution in [2.24, 2.45) is 4.99 Å². The second-order valence-electron chi connectivity index (χ2n) is 3.19. The van der Waals surface area contributed by atoms with Crippen LogP contribution in [-0.2, 0) is 19.0 Å². The number of allylic oxidation sites excluding steroid dienone is 1. The minimum Gasteiger partial charge on any atom is -0.495 e. The van der Waals surface area contributed by atoms with Crippen molar-refractivity contribution in [2.45, 2.75) is 12.7 Å². The first-order valence-corrected chi connectivity index (χ1v) is 4.73. The zero-order valence-electron chi connectivity index (χ0n) is 9.81. The van der Waals surface area contributed by atoms with Gasteiger partial charge in [0.2, 0.25) is 11.7 Å². The number of hydrogen-bond acceptors (Lipinski definition) is 4. The predicted molar refractivity (Wildman–Crippen MR) is 59.1 cm³/mol. The molecule has 16 heavy (non-hydrogen) atoms. The van der Waals surface area contributed by atoms with Crippen LogP contribution in [0.15, 0.2) is 29.0 Å². The first-order chi connectivity index (χ1) is 7.56. The van der Waals surface area contributed by atoms with Gasteiger partial charge in [-0.3, -0.25) is 4.79 Å². The lowest BCUT2D eigenvalue weighted by molar-refractivity contribution is -0.135. The third kappa shape index (κ3) is 2.56. The van der Waals surface area contributed by atoms with Crippen LogP contribution in [0.4, 0.5) is 0 Å². The number of nitrogens with zero attached hydrogens (tertiary/aromatic N) is 1. The van der Waals surface area contributed by atoms with Gasteiger partial charge in [-0.25, -0.2) is 4.99 Å². The van der Waals surface area contributed by atoms with Crippen molar-refractivity contribution < 1.29 is 19.0 Å². The van der Waals surface area contributed by atoms with Crippen molar-refractivity contribution in [1.82, 2.24) is 0 Å². The van der Waals surface area contributed by atoms with Gasteiger partial charge in [-0.1, -0.05) is 0 Å². The third-order valence-electron chi connectivity index (χ3n) is 2.19. The molecule has 1 amide bonds. The highest BCUT2D eigenvalue weighted by Crippen LogP contribution is 2.23. The minimum absolute atomic E-state index is 0.287. The number of methoxy groups -OCH3 is 3. The van der Waals surface area contributed by atoms with Crippen molar-refractivity contribution >= 4 is 11.6 Å². The lowest BCUT2D eigenvalue weighted by atomic mass is 10.1. The van der Waals surface area contributed by atoms with Gasteiger partial charge in [-0.05, 0) is 12.2 Å². The van der Waals surface area contributed by atoms with Crippen LogP contribution in [-0.4, -0.2) is 38.7 Å². The Morgan fingerprint density at radius 2 is 1.94 bits per heavy atom. The van der Waals surface area contributed by atoms with Gasteiger partial charge in [0.1, 0.15) is 11.5 Å². The Hall–Kier alpha value is -1.46. The van der Waals surface area contributed by atoms with Crippen LogP contribution in [0.2, 0.25) is 0 Å². The van der Waals surface area contributed by atoms with Gasteiger partial charge < -0.3 is 14.2 Å². The van der Waals surface area contributed by atoms with Gasteiger partial charge >= 0.3 is 0 Å². The van der Waals surface area contributed by atoms with E-state index in [9.17, 15) is 4.79 Å². The highest BCUT2D eigenvalue weighted by Gasteiger charge is 2.29. The van der Waals surface area contributed by atoms with E-state index in [1.54, 1.807) is 18.2 Å². The summed E-state index contributed by atoms with van der Waals surface area (Å²) in [5, 5.41) is 0. The first-order valence-electron chi connectivity index (χ1n) is 4.73. The largest absolute Gasteiger partial charge is 0.495 e. The molecule has 0 aromatic carbocycles. The van der Waals surface area contributed by atoms with Crippen molar-refractivity contribution in [3.05, 3.63) is 24.0 Å². The number of amides is 1. The summed E-state index contributed by atoms with van der Waals surface area (Å²) >= 11 is 0.